The number of nitrogens with one attached hydrogen (secondary N) is 1. The number of thioether (sulfide) groups is 1. The molecule has 0 aliphatic rings. The van der Waals surface area contributed by atoms with E-state index < -0.39 is 0 Å². The molecule has 0 aromatic heterocycles. The molecule has 1 aromatic rings. The third kappa shape index (κ3) is 4.45. The molecule has 0 heterocycles. The monoisotopic (exact) mass is 302 g/mol. The van der Waals surface area contributed by atoms with E-state index in [1.54, 1.807) is 0 Å². The summed E-state index contributed by atoms with van der Waals surface area (Å²) in [5, 5.41) is 2.82. The largest absolute Gasteiger partial charge is 0.398 e. The third-order valence-electron chi connectivity index (χ3n) is 1.90. The van der Waals surface area contributed by atoms with Crippen molar-refractivity contribution in [1.82, 2.24) is 5.32 Å². The zero-order chi connectivity index (χ0) is 12.0. The Balaban J connectivity index is 2.45. The lowest BCUT2D eigenvalue weighted by atomic mass is 10.3. The van der Waals surface area contributed by atoms with Crippen LogP contribution in [0.1, 0.15) is 13.3 Å². The predicted molar refractivity (Wildman–Crippen MR) is 72.6 cm³/mol. The molecule has 0 aliphatic heterocycles. The van der Waals surface area contributed by atoms with Crippen LogP contribution in [0.5, 0.6) is 0 Å². The Hall–Kier alpha value is -0.680. The highest BCUT2D eigenvalue weighted by molar-refractivity contribution is 9.10. The van der Waals surface area contributed by atoms with Crippen molar-refractivity contribution in [1.29, 1.82) is 0 Å². The number of carbonyl (C=O) groups excluding carboxylic acids is 1. The molecule has 0 unspecified atom stereocenters. The average Bonchev–Trinajstić information content (AvgIpc) is 2.25. The number of halogens is 1. The van der Waals surface area contributed by atoms with Gasteiger partial charge in [-0.3, -0.25) is 4.79 Å². The Labute approximate surface area is 108 Å². The maximum Gasteiger partial charge on any atom is 0.230 e. The molecule has 0 saturated carbocycles. The highest BCUT2D eigenvalue weighted by Crippen LogP contribution is 2.27. The number of amides is 1. The molecule has 16 heavy (non-hydrogen) atoms. The number of benzene rings is 1. The molecule has 0 fully saturated rings. The van der Waals surface area contributed by atoms with Crippen LogP contribution in [0.2, 0.25) is 0 Å². The summed E-state index contributed by atoms with van der Waals surface area (Å²) in [7, 11) is 0. The number of nitrogens with two attached hydrogens (primary N) is 1. The summed E-state index contributed by atoms with van der Waals surface area (Å²) in [6.45, 7) is 2.76. The summed E-state index contributed by atoms with van der Waals surface area (Å²) in [4.78, 5) is 12.3. The van der Waals surface area contributed by atoms with Crippen LogP contribution in [0.25, 0.3) is 0 Å². The zero-order valence-corrected chi connectivity index (χ0v) is 11.5. The van der Waals surface area contributed by atoms with E-state index >= 15 is 0 Å². The fourth-order valence-corrected chi connectivity index (χ4v) is 2.27. The quantitative estimate of drug-likeness (QED) is 0.649. The highest BCUT2D eigenvalue weighted by Gasteiger charge is 2.04. The molecule has 1 amide bonds. The van der Waals surface area contributed by atoms with Gasteiger partial charge in [0.2, 0.25) is 5.91 Å². The van der Waals surface area contributed by atoms with E-state index in [1.165, 1.54) is 11.8 Å². The standard InChI is InChI=1S/C11H15BrN2OS/c1-2-5-14-11(15)7-16-10-4-3-8(12)6-9(10)13/h3-4,6H,2,5,7,13H2,1H3,(H,14,15). The second-order valence-corrected chi connectivity index (χ2v) is 5.25. The molecule has 0 bridgehead atoms. The number of hydrogen-bond donors (Lipinski definition) is 2. The third-order valence-corrected chi connectivity index (χ3v) is 3.49. The Kier molecular flexibility index (Phi) is 5.69. The maximum atomic E-state index is 11.4. The number of nitrogen functional groups attached to an aromatic ring is 1. The molecular weight excluding hydrogens is 288 g/mol. The van der Waals surface area contributed by atoms with Gasteiger partial charge in [-0.25, -0.2) is 0 Å². The predicted octanol–water partition coefficient (Wildman–Crippen LogP) is 2.65. The van der Waals surface area contributed by atoms with Gasteiger partial charge < -0.3 is 11.1 Å². The van der Waals surface area contributed by atoms with Crippen LogP contribution in [0.3, 0.4) is 0 Å². The van der Waals surface area contributed by atoms with Crippen molar-refractivity contribution in [2.24, 2.45) is 0 Å². The molecule has 1 rings (SSSR count). The van der Waals surface area contributed by atoms with Crippen LogP contribution in [0.15, 0.2) is 27.6 Å². The molecule has 3 nitrogen and oxygen atoms in total. The summed E-state index contributed by atoms with van der Waals surface area (Å²) >= 11 is 4.80. The first kappa shape index (κ1) is 13.4. The van der Waals surface area contributed by atoms with Gasteiger partial charge in [0.1, 0.15) is 0 Å². The summed E-state index contributed by atoms with van der Waals surface area (Å²) in [6.07, 6.45) is 0.955. The Morgan fingerprint density at radius 2 is 2.31 bits per heavy atom. The number of carbonyl (C=O) groups is 1. The molecule has 0 saturated heterocycles. The van der Waals surface area contributed by atoms with Crippen LogP contribution in [0.4, 0.5) is 5.69 Å². The molecule has 1 aromatic carbocycles. The average molecular weight is 303 g/mol. The molecular formula is C11H15BrN2OS. The number of anilines is 1. The normalized spacial score (nSPS) is 10.1. The lowest BCUT2D eigenvalue weighted by molar-refractivity contribution is -0.118. The van der Waals surface area contributed by atoms with Crippen molar-refractivity contribution >= 4 is 39.3 Å². The summed E-state index contributed by atoms with van der Waals surface area (Å²) in [6, 6.07) is 5.67. The second-order valence-electron chi connectivity index (χ2n) is 3.32. The van der Waals surface area contributed by atoms with E-state index in [0.29, 0.717) is 11.4 Å². The van der Waals surface area contributed by atoms with Gasteiger partial charge in [-0.1, -0.05) is 22.9 Å². The van der Waals surface area contributed by atoms with E-state index in [9.17, 15) is 4.79 Å². The molecule has 0 aliphatic carbocycles. The van der Waals surface area contributed by atoms with Gasteiger partial charge in [0.05, 0.1) is 5.75 Å². The van der Waals surface area contributed by atoms with Gasteiger partial charge >= 0.3 is 0 Å². The fourth-order valence-electron chi connectivity index (χ4n) is 1.11. The SMILES string of the molecule is CCCNC(=O)CSc1ccc(Br)cc1N. The van der Waals surface area contributed by atoms with Crippen molar-refractivity contribution in [3.05, 3.63) is 22.7 Å². The first-order valence-electron chi connectivity index (χ1n) is 5.08. The van der Waals surface area contributed by atoms with Gasteiger partial charge in [-0.2, -0.15) is 0 Å². The van der Waals surface area contributed by atoms with Crippen molar-refractivity contribution in [2.75, 3.05) is 18.0 Å². The van der Waals surface area contributed by atoms with Crippen molar-refractivity contribution in [3.8, 4) is 0 Å². The van der Waals surface area contributed by atoms with E-state index in [4.69, 9.17) is 5.73 Å². The second kappa shape index (κ2) is 6.81. The molecule has 0 radical (unpaired) electrons. The van der Waals surface area contributed by atoms with E-state index in [1.807, 2.05) is 25.1 Å². The van der Waals surface area contributed by atoms with Crippen molar-refractivity contribution < 1.29 is 4.79 Å². The fraction of sp³-hybridized carbons (Fsp3) is 0.364. The minimum atomic E-state index is 0.0502. The van der Waals surface area contributed by atoms with Gasteiger partial charge in [0.25, 0.3) is 0 Å². The smallest absolute Gasteiger partial charge is 0.230 e. The minimum Gasteiger partial charge on any atom is -0.398 e. The van der Waals surface area contributed by atoms with Crippen LogP contribution in [0, 0.1) is 0 Å². The number of rotatable bonds is 5. The first-order chi connectivity index (χ1) is 7.63. The van der Waals surface area contributed by atoms with Gasteiger partial charge in [-0.15, -0.1) is 11.8 Å². The summed E-state index contributed by atoms with van der Waals surface area (Å²) in [5.41, 5.74) is 6.52. The molecule has 3 N–H and O–H groups in total. The molecule has 88 valence electrons. The molecule has 0 atom stereocenters. The lowest BCUT2D eigenvalue weighted by Crippen LogP contribution is -2.25. The van der Waals surface area contributed by atoms with Crippen LogP contribution in [-0.4, -0.2) is 18.2 Å². The summed E-state index contributed by atoms with van der Waals surface area (Å²) < 4.78 is 0.949. The Morgan fingerprint density at radius 1 is 1.56 bits per heavy atom. The lowest BCUT2D eigenvalue weighted by Gasteiger charge is -2.06. The van der Waals surface area contributed by atoms with Crippen LogP contribution < -0.4 is 11.1 Å². The Morgan fingerprint density at radius 3 is 2.94 bits per heavy atom. The Bertz CT molecular complexity index is 371. The van der Waals surface area contributed by atoms with Crippen molar-refractivity contribution in [2.45, 2.75) is 18.2 Å². The van der Waals surface area contributed by atoms with Crippen LogP contribution >= 0.6 is 27.7 Å². The van der Waals surface area contributed by atoms with Crippen molar-refractivity contribution in [3.63, 3.8) is 0 Å². The topological polar surface area (TPSA) is 55.1 Å². The first-order valence-corrected chi connectivity index (χ1v) is 6.86. The highest BCUT2D eigenvalue weighted by atomic mass is 79.9. The summed E-state index contributed by atoms with van der Waals surface area (Å²) in [5.74, 6) is 0.459. The molecule has 5 heteroatoms. The maximum absolute atomic E-state index is 11.4. The number of hydrogen-bond acceptors (Lipinski definition) is 3. The van der Waals surface area contributed by atoms with E-state index in [-0.39, 0.29) is 5.91 Å². The van der Waals surface area contributed by atoms with Crippen LogP contribution in [-0.2, 0) is 4.79 Å². The molecule has 0 spiro atoms. The van der Waals surface area contributed by atoms with Gasteiger partial charge in [-0.05, 0) is 24.6 Å². The van der Waals surface area contributed by atoms with E-state index in [0.717, 1.165) is 22.3 Å². The minimum absolute atomic E-state index is 0.0502. The van der Waals surface area contributed by atoms with Gasteiger partial charge in [0.15, 0.2) is 0 Å². The zero-order valence-electron chi connectivity index (χ0n) is 9.13. The van der Waals surface area contributed by atoms with Gasteiger partial charge in [0, 0.05) is 21.6 Å². The van der Waals surface area contributed by atoms with E-state index in [2.05, 4.69) is 21.2 Å².